The Morgan fingerprint density at radius 1 is 1.30 bits per heavy atom. The largest absolute Gasteiger partial charge is 0.480 e. The molecular weight excluding hydrogens is 414 g/mol. The monoisotopic (exact) mass is 427 g/mol. The van der Waals surface area contributed by atoms with Crippen molar-refractivity contribution in [2.24, 2.45) is 0 Å². The lowest BCUT2D eigenvalue weighted by Gasteiger charge is -2.33. The fourth-order valence-electron chi connectivity index (χ4n) is 1.60. The third-order valence-corrected chi connectivity index (χ3v) is 6.09. The highest BCUT2D eigenvalue weighted by molar-refractivity contribution is 9.11. The first kappa shape index (κ1) is 17.6. The minimum atomic E-state index is -3.93. The van der Waals surface area contributed by atoms with Crippen molar-refractivity contribution < 1.29 is 18.3 Å². The summed E-state index contributed by atoms with van der Waals surface area (Å²) < 4.78 is 27.4. The SMILES string of the molecule is CC(C)(C)N(CC(=O)O)S(=O)(=O)c1cc(Br)ccc1Br. The molecule has 0 aliphatic carbocycles. The summed E-state index contributed by atoms with van der Waals surface area (Å²) in [7, 11) is -3.93. The number of carboxylic acids is 1. The Balaban J connectivity index is 3.44. The molecule has 8 heteroatoms. The first-order valence-corrected chi connectivity index (χ1v) is 8.68. The van der Waals surface area contributed by atoms with Gasteiger partial charge in [0.15, 0.2) is 0 Å². The molecule has 0 aliphatic heterocycles. The number of halogens is 2. The molecule has 0 spiro atoms. The molecule has 0 aromatic heterocycles. The maximum atomic E-state index is 12.7. The van der Waals surface area contributed by atoms with Crippen LogP contribution in [0.25, 0.3) is 0 Å². The Bertz CT molecular complexity index is 623. The zero-order valence-corrected chi connectivity index (χ0v) is 15.2. The van der Waals surface area contributed by atoms with E-state index in [1.54, 1.807) is 32.9 Å². The van der Waals surface area contributed by atoms with Crippen LogP contribution in [0.4, 0.5) is 0 Å². The maximum Gasteiger partial charge on any atom is 0.318 e. The molecule has 0 saturated heterocycles. The number of benzene rings is 1. The highest BCUT2D eigenvalue weighted by Crippen LogP contribution is 2.31. The normalized spacial score (nSPS) is 12.7. The second kappa shape index (κ2) is 6.13. The van der Waals surface area contributed by atoms with Gasteiger partial charge in [0.05, 0.1) is 4.90 Å². The van der Waals surface area contributed by atoms with Gasteiger partial charge < -0.3 is 5.11 Å². The van der Waals surface area contributed by atoms with Gasteiger partial charge in [-0.2, -0.15) is 4.31 Å². The summed E-state index contributed by atoms with van der Waals surface area (Å²) in [6.45, 7) is 4.36. The molecule has 1 aromatic carbocycles. The van der Waals surface area contributed by atoms with E-state index in [-0.39, 0.29) is 4.90 Å². The summed E-state index contributed by atoms with van der Waals surface area (Å²) in [4.78, 5) is 11.0. The van der Waals surface area contributed by atoms with Crippen molar-refractivity contribution in [3.63, 3.8) is 0 Å². The molecule has 0 atom stereocenters. The third-order valence-electron chi connectivity index (χ3n) is 2.49. The molecule has 0 amide bonds. The highest BCUT2D eigenvalue weighted by Gasteiger charge is 2.36. The van der Waals surface area contributed by atoms with Crippen molar-refractivity contribution >= 4 is 47.9 Å². The topological polar surface area (TPSA) is 74.7 Å². The third kappa shape index (κ3) is 4.03. The molecule has 0 saturated carbocycles. The molecular formula is C12H15Br2NO4S. The highest BCUT2D eigenvalue weighted by atomic mass is 79.9. The van der Waals surface area contributed by atoms with Crippen LogP contribution in [-0.4, -0.2) is 35.9 Å². The number of aliphatic carboxylic acids is 1. The van der Waals surface area contributed by atoms with E-state index in [0.29, 0.717) is 8.95 Å². The van der Waals surface area contributed by atoms with Gasteiger partial charge in [-0.05, 0) is 54.9 Å². The van der Waals surface area contributed by atoms with E-state index in [1.807, 2.05) is 0 Å². The summed E-state index contributed by atoms with van der Waals surface area (Å²) >= 11 is 6.41. The number of hydrogen-bond donors (Lipinski definition) is 1. The molecule has 0 fully saturated rings. The smallest absolute Gasteiger partial charge is 0.318 e. The van der Waals surface area contributed by atoms with Crippen LogP contribution in [0.15, 0.2) is 32.0 Å². The zero-order chi connectivity index (χ0) is 15.7. The fraction of sp³-hybridized carbons (Fsp3) is 0.417. The van der Waals surface area contributed by atoms with Crippen molar-refractivity contribution in [1.82, 2.24) is 4.31 Å². The second-order valence-electron chi connectivity index (χ2n) is 5.15. The first-order valence-electron chi connectivity index (χ1n) is 5.66. The van der Waals surface area contributed by atoms with Crippen LogP contribution in [0.3, 0.4) is 0 Å². The van der Waals surface area contributed by atoms with Gasteiger partial charge in [0.1, 0.15) is 6.54 Å². The van der Waals surface area contributed by atoms with Crippen LogP contribution in [-0.2, 0) is 14.8 Å². The van der Waals surface area contributed by atoms with Gasteiger partial charge in [-0.25, -0.2) is 8.42 Å². The lowest BCUT2D eigenvalue weighted by Crippen LogP contribution is -2.48. The number of carbonyl (C=O) groups is 1. The lowest BCUT2D eigenvalue weighted by molar-refractivity contribution is -0.138. The predicted molar refractivity (Wildman–Crippen MR) is 83.1 cm³/mol. The Kier molecular flexibility index (Phi) is 5.40. The number of hydrogen-bond acceptors (Lipinski definition) is 3. The van der Waals surface area contributed by atoms with Gasteiger partial charge in [0.2, 0.25) is 10.0 Å². The van der Waals surface area contributed by atoms with Crippen LogP contribution < -0.4 is 0 Å². The van der Waals surface area contributed by atoms with Gasteiger partial charge in [0.25, 0.3) is 0 Å². The summed E-state index contributed by atoms with van der Waals surface area (Å²) in [6.07, 6.45) is 0. The molecule has 0 bridgehead atoms. The average molecular weight is 429 g/mol. The molecule has 1 aromatic rings. The van der Waals surface area contributed by atoms with Crippen molar-refractivity contribution in [3.05, 3.63) is 27.1 Å². The van der Waals surface area contributed by atoms with Crippen LogP contribution >= 0.6 is 31.9 Å². The van der Waals surface area contributed by atoms with Crippen LogP contribution in [0.5, 0.6) is 0 Å². The van der Waals surface area contributed by atoms with E-state index in [0.717, 1.165) is 4.31 Å². The number of carboxylic acid groups (broad SMARTS) is 1. The van der Waals surface area contributed by atoms with Crippen molar-refractivity contribution in [3.8, 4) is 0 Å². The summed E-state index contributed by atoms with van der Waals surface area (Å²) in [6, 6.07) is 4.74. The molecule has 1 N–H and O–H groups in total. The molecule has 20 heavy (non-hydrogen) atoms. The Morgan fingerprint density at radius 3 is 2.30 bits per heavy atom. The Hall–Kier alpha value is -0.440. The lowest BCUT2D eigenvalue weighted by atomic mass is 10.1. The quantitative estimate of drug-likeness (QED) is 0.799. The second-order valence-corrected chi connectivity index (χ2v) is 8.75. The van der Waals surface area contributed by atoms with E-state index in [9.17, 15) is 13.2 Å². The van der Waals surface area contributed by atoms with Crippen molar-refractivity contribution in [2.75, 3.05) is 6.54 Å². The predicted octanol–water partition coefficient (Wildman–Crippen LogP) is 3.09. The Labute approximate surface area is 135 Å². The minimum Gasteiger partial charge on any atom is -0.480 e. The van der Waals surface area contributed by atoms with Gasteiger partial charge in [0, 0.05) is 14.5 Å². The average Bonchev–Trinajstić information content (AvgIpc) is 2.27. The van der Waals surface area contributed by atoms with E-state index < -0.39 is 28.1 Å². The first-order chi connectivity index (χ1) is 8.96. The molecule has 0 aliphatic rings. The standard InChI is InChI=1S/C12H15Br2NO4S/c1-12(2,3)15(7-11(16)17)20(18,19)10-6-8(13)4-5-9(10)14/h4-6H,7H2,1-3H3,(H,16,17). The molecule has 0 heterocycles. The summed E-state index contributed by atoms with van der Waals surface area (Å²) in [5.41, 5.74) is -0.848. The van der Waals surface area contributed by atoms with Crippen LogP contribution in [0.2, 0.25) is 0 Å². The van der Waals surface area contributed by atoms with Gasteiger partial charge >= 0.3 is 5.97 Å². The van der Waals surface area contributed by atoms with E-state index in [1.165, 1.54) is 6.07 Å². The zero-order valence-electron chi connectivity index (χ0n) is 11.2. The summed E-state index contributed by atoms with van der Waals surface area (Å²) in [5.74, 6) is -1.20. The van der Waals surface area contributed by atoms with Crippen LogP contribution in [0, 0.1) is 0 Å². The van der Waals surface area contributed by atoms with Crippen molar-refractivity contribution in [2.45, 2.75) is 31.2 Å². The van der Waals surface area contributed by atoms with Gasteiger partial charge in [-0.15, -0.1) is 0 Å². The number of rotatable bonds is 4. The maximum absolute atomic E-state index is 12.7. The van der Waals surface area contributed by atoms with Gasteiger partial charge in [-0.1, -0.05) is 15.9 Å². The number of sulfonamides is 1. The minimum absolute atomic E-state index is 0.0306. The number of nitrogens with zero attached hydrogens (tertiary/aromatic N) is 1. The Morgan fingerprint density at radius 2 is 1.85 bits per heavy atom. The summed E-state index contributed by atoms with van der Waals surface area (Å²) in [5, 5.41) is 8.95. The molecule has 1 rings (SSSR count). The molecule has 0 unspecified atom stereocenters. The van der Waals surface area contributed by atoms with E-state index in [4.69, 9.17) is 5.11 Å². The van der Waals surface area contributed by atoms with Gasteiger partial charge in [-0.3, -0.25) is 4.79 Å². The van der Waals surface area contributed by atoms with E-state index >= 15 is 0 Å². The molecule has 0 radical (unpaired) electrons. The molecule has 112 valence electrons. The van der Waals surface area contributed by atoms with Crippen molar-refractivity contribution in [1.29, 1.82) is 0 Å². The van der Waals surface area contributed by atoms with E-state index in [2.05, 4.69) is 31.9 Å². The fourth-order valence-corrected chi connectivity index (χ4v) is 4.80. The molecule has 5 nitrogen and oxygen atoms in total. The van der Waals surface area contributed by atoms with Crippen LogP contribution in [0.1, 0.15) is 20.8 Å².